The van der Waals surface area contributed by atoms with Crippen LogP contribution in [0.15, 0.2) is 0 Å². The van der Waals surface area contributed by atoms with E-state index >= 15 is 0 Å². The lowest BCUT2D eigenvalue weighted by molar-refractivity contribution is -0.158. The van der Waals surface area contributed by atoms with Crippen molar-refractivity contribution in [3.05, 3.63) is 0 Å². The van der Waals surface area contributed by atoms with E-state index in [4.69, 9.17) is 0 Å². The number of alkyl halides is 3. The van der Waals surface area contributed by atoms with E-state index in [0.29, 0.717) is 0 Å². The van der Waals surface area contributed by atoms with E-state index in [0.717, 1.165) is 18.8 Å². The third-order valence-electron chi connectivity index (χ3n) is 2.10. The second-order valence-corrected chi connectivity index (χ2v) is 3.52. The van der Waals surface area contributed by atoms with Crippen LogP contribution in [0.2, 0.25) is 0 Å². The smallest absolute Gasteiger partial charge is 0.445 e. The molecule has 0 aromatic heterocycles. The van der Waals surface area contributed by atoms with E-state index < -0.39 is 24.7 Å². The number of hydrogen-bond donors (Lipinski definition) is 0. The van der Waals surface area contributed by atoms with Crippen LogP contribution in [0.3, 0.4) is 0 Å². The number of hydrogen-bond acceptors (Lipinski definition) is 3. The molecule has 7 heteroatoms. The van der Waals surface area contributed by atoms with Crippen molar-refractivity contribution in [2.75, 3.05) is 13.7 Å². The summed E-state index contributed by atoms with van der Waals surface area (Å²) in [5, 5.41) is 0. The molecule has 1 amide bonds. The van der Waals surface area contributed by atoms with Crippen molar-refractivity contribution in [1.82, 2.24) is 4.90 Å². The molecule has 0 spiro atoms. The van der Waals surface area contributed by atoms with Gasteiger partial charge < -0.3 is 9.64 Å². The van der Waals surface area contributed by atoms with E-state index in [-0.39, 0.29) is 6.04 Å². The zero-order valence-electron chi connectivity index (χ0n) is 9.00. The molecule has 0 N–H and O–H groups in total. The van der Waals surface area contributed by atoms with Gasteiger partial charge in [-0.05, 0) is 12.8 Å². The maximum Gasteiger partial charge on any atom is 0.457 e. The summed E-state index contributed by atoms with van der Waals surface area (Å²) in [4.78, 5) is 23.6. The molecular weight excluding hydrogens is 239 g/mol. The summed E-state index contributed by atoms with van der Waals surface area (Å²) in [6, 6.07) is 0.0382. The molecule has 0 unspecified atom stereocenters. The van der Waals surface area contributed by atoms with Crippen LogP contribution < -0.4 is 0 Å². The van der Waals surface area contributed by atoms with Crippen molar-refractivity contribution in [2.24, 2.45) is 0 Å². The zero-order chi connectivity index (χ0) is 13.1. The number of ether oxygens (including phenoxy) is 1. The van der Waals surface area contributed by atoms with Gasteiger partial charge in [-0.2, -0.15) is 13.2 Å². The Labute approximate surface area is 95.7 Å². The van der Waals surface area contributed by atoms with Gasteiger partial charge in [-0.15, -0.1) is 0 Å². The molecule has 0 aromatic carbocycles. The standard InChI is InChI=1S/C10H10F3NO3/c1-14(7-3-4-7)8(15)9(16)17-6-2-5-10(11,12)13/h7H,3-4,6H2,1H3. The average Bonchev–Trinajstić information content (AvgIpc) is 3.04. The van der Waals surface area contributed by atoms with Crippen molar-refractivity contribution in [3.63, 3.8) is 0 Å². The molecule has 0 heterocycles. The Morgan fingerprint density at radius 2 is 2.00 bits per heavy atom. The van der Waals surface area contributed by atoms with Crippen LogP contribution in [-0.4, -0.2) is 42.6 Å². The van der Waals surface area contributed by atoms with Crippen molar-refractivity contribution >= 4 is 11.9 Å². The molecule has 1 aliphatic rings. The number of halogens is 3. The number of carbonyl (C=O) groups is 2. The Bertz CT molecular complexity index is 376. The molecule has 1 saturated carbocycles. The minimum Gasteiger partial charge on any atom is -0.445 e. The number of esters is 1. The molecular formula is C10H10F3NO3. The third kappa shape index (κ3) is 4.76. The Kier molecular flexibility index (Phi) is 3.99. The van der Waals surface area contributed by atoms with Crippen molar-refractivity contribution in [3.8, 4) is 11.8 Å². The predicted octanol–water partition coefficient (Wildman–Crippen LogP) is 0.716. The first-order valence-electron chi connectivity index (χ1n) is 4.82. The van der Waals surface area contributed by atoms with Crippen LogP contribution in [0.1, 0.15) is 12.8 Å². The van der Waals surface area contributed by atoms with Crippen LogP contribution in [0.5, 0.6) is 0 Å². The Hall–Kier alpha value is -1.71. The molecule has 1 fully saturated rings. The number of likely N-dealkylation sites (N-methyl/N-ethyl adjacent to an activating group) is 1. The topological polar surface area (TPSA) is 46.6 Å². The number of rotatable bonds is 2. The molecule has 17 heavy (non-hydrogen) atoms. The van der Waals surface area contributed by atoms with Gasteiger partial charge in [0.1, 0.15) is 0 Å². The lowest BCUT2D eigenvalue weighted by atomic mass is 10.5. The van der Waals surface area contributed by atoms with Gasteiger partial charge in [-0.25, -0.2) is 4.79 Å². The molecule has 0 atom stereocenters. The van der Waals surface area contributed by atoms with Gasteiger partial charge in [0, 0.05) is 19.0 Å². The Balaban J connectivity index is 2.33. The maximum atomic E-state index is 11.6. The monoisotopic (exact) mass is 249 g/mol. The third-order valence-corrected chi connectivity index (χ3v) is 2.10. The fourth-order valence-corrected chi connectivity index (χ4v) is 1.07. The summed E-state index contributed by atoms with van der Waals surface area (Å²) < 4.78 is 39.1. The molecule has 1 rings (SSSR count). The molecule has 0 saturated heterocycles. The summed E-state index contributed by atoms with van der Waals surface area (Å²) in [7, 11) is 1.45. The zero-order valence-corrected chi connectivity index (χ0v) is 9.00. The highest BCUT2D eigenvalue weighted by Gasteiger charge is 2.33. The summed E-state index contributed by atoms with van der Waals surface area (Å²) in [6.45, 7) is -0.747. The Morgan fingerprint density at radius 1 is 1.41 bits per heavy atom. The van der Waals surface area contributed by atoms with Crippen LogP contribution >= 0.6 is 0 Å². The van der Waals surface area contributed by atoms with E-state index in [1.807, 2.05) is 0 Å². The quantitative estimate of drug-likeness (QED) is 0.411. The van der Waals surface area contributed by atoms with Crippen LogP contribution in [0.25, 0.3) is 0 Å². The second-order valence-electron chi connectivity index (χ2n) is 3.52. The lowest BCUT2D eigenvalue weighted by Gasteiger charge is -2.13. The molecule has 0 aromatic rings. The summed E-state index contributed by atoms with van der Waals surface area (Å²) in [5.74, 6) is 0.490. The molecule has 1 aliphatic carbocycles. The van der Waals surface area contributed by atoms with Crippen LogP contribution in [0.4, 0.5) is 13.2 Å². The van der Waals surface area contributed by atoms with Crippen LogP contribution in [0, 0.1) is 11.8 Å². The molecule has 0 bridgehead atoms. The molecule has 94 valence electrons. The summed E-state index contributed by atoms with van der Waals surface area (Å²) in [5.41, 5.74) is 0. The van der Waals surface area contributed by atoms with Gasteiger partial charge in [0.2, 0.25) is 0 Å². The van der Waals surface area contributed by atoms with Gasteiger partial charge >= 0.3 is 18.1 Å². The second kappa shape index (κ2) is 5.08. The van der Waals surface area contributed by atoms with Gasteiger partial charge in [-0.1, -0.05) is 5.92 Å². The normalized spacial score (nSPS) is 14.6. The number of nitrogens with zero attached hydrogens (tertiary/aromatic N) is 1. The SMILES string of the molecule is CN(C(=O)C(=O)OCC#CC(F)(F)F)C1CC1. The molecule has 4 nitrogen and oxygen atoms in total. The molecule has 0 aliphatic heterocycles. The van der Waals surface area contributed by atoms with E-state index in [1.54, 1.807) is 5.92 Å². The number of carbonyl (C=O) groups excluding carboxylic acids is 2. The first kappa shape index (κ1) is 13.4. The fourth-order valence-electron chi connectivity index (χ4n) is 1.07. The van der Waals surface area contributed by atoms with E-state index in [2.05, 4.69) is 4.74 Å². The van der Waals surface area contributed by atoms with Crippen molar-refractivity contribution < 1.29 is 27.5 Å². The summed E-state index contributed by atoms with van der Waals surface area (Å²) in [6.07, 6.45) is -2.98. The molecule has 0 radical (unpaired) electrons. The predicted molar refractivity (Wildman–Crippen MR) is 50.6 cm³/mol. The van der Waals surface area contributed by atoms with Crippen LogP contribution in [-0.2, 0) is 14.3 Å². The highest BCUT2D eigenvalue weighted by atomic mass is 19.4. The van der Waals surface area contributed by atoms with E-state index in [9.17, 15) is 22.8 Å². The van der Waals surface area contributed by atoms with Gasteiger partial charge in [0.25, 0.3) is 0 Å². The van der Waals surface area contributed by atoms with Crippen molar-refractivity contribution in [1.29, 1.82) is 0 Å². The highest BCUT2D eigenvalue weighted by molar-refractivity contribution is 6.32. The summed E-state index contributed by atoms with van der Waals surface area (Å²) >= 11 is 0. The minimum atomic E-state index is -4.62. The number of amides is 1. The Morgan fingerprint density at radius 3 is 2.47 bits per heavy atom. The highest BCUT2D eigenvalue weighted by Crippen LogP contribution is 2.25. The van der Waals surface area contributed by atoms with Gasteiger partial charge in [0.05, 0.1) is 0 Å². The van der Waals surface area contributed by atoms with Gasteiger partial charge in [0.15, 0.2) is 6.61 Å². The maximum absolute atomic E-state index is 11.6. The van der Waals surface area contributed by atoms with Gasteiger partial charge in [-0.3, -0.25) is 4.79 Å². The van der Waals surface area contributed by atoms with Crippen molar-refractivity contribution in [2.45, 2.75) is 25.1 Å². The fraction of sp³-hybridized carbons (Fsp3) is 0.600. The first-order chi connectivity index (χ1) is 7.81. The first-order valence-corrected chi connectivity index (χ1v) is 4.82. The average molecular weight is 249 g/mol. The largest absolute Gasteiger partial charge is 0.457 e. The van der Waals surface area contributed by atoms with E-state index in [1.165, 1.54) is 11.9 Å². The minimum absolute atomic E-state index is 0.0382. The lowest BCUT2D eigenvalue weighted by Crippen LogP contribution is -2.36.